The Morgan fingerprint density at radius 2 is 2.03 bits per heavy atom. The number of hydrogen-bond donors (Lipinski definition) is 1. The molecule has 1 aliphatic heterocycles. The first kappa shape index (κ1) is 20.2. The number of carboxylic acids is 1. The maximum Gasteiger partial charge on any atom is 0.416 e. The Labute approximate surface area is 173 Å². The first-order valence-electron chi connectivity index (χ1n) is 8.94. The van der Waals surface area contributed by atoms with Crippen LogP contribution in [0, 0.1) is 6.92 Å². The fraction of sp³-hybridized carbons (Fsp3) is 0.190. The van der Waals surface area contributed by atoms with E-state index in [9.17, 15) is 27.9 Å². The van der Waals surface area contributed by atoms with Crippen LogP contribution in [0.25, 0.3) is 5.69 Å². The molecule has 9 heteroatoms. The van der Waals surface area contributed by atoms with E-state index in [0.29, 0.717) is 10.6 Å². The van der Waals surface area contributed by atoms with Crippen molar-refractivity contribution in [1.82, 2.24) is 9.55 Å². The van der Waals surface area contributed by atoms with Crippen molar-refractivity contribution in [3.05, 3.63) is 87.1 Å². The number of aryl methyl sites for hydroxylation is 1. The molecular formula is C21H15F3N2O3S. The third-order valence-corrected chi connectivity index (χ3v) is 6.27. The summed E-state index contributed by atoms with van der Waals surface area (Å²) in [6.45, 7) is 1.58. The molecule has 1 aromatic carbocycles. The highest BCUT2D eigenvalue weighted by Gasteiger charge is 2.34. The summed E-state index contributed by atoms with van der Waals surface area (Å²) in [4.78, 5) is 29.0. The number of fused-ring (bicyclic) bond motifs is 3. The first-order valence-corrected chi connectivity index (χ1v) is 9.82. The van der Waals surface area contributed by atoms with Gasteiger partial charge in [0.05, 0.1) is 11.3 Å². The molecule has 0 unspecified atom stereocenters. The molecule has 1 aliphatic rings. The molecule has 30 heavy (non-hydrogen) atoms. The van der Waals surface area contributed by atoms with Gasteiger partial charge in [-0.15, -0.1) is 11.8 Å². The molecule has 3 aromatic rings. The number of aromatic carboxylic acids is 1. The molecule has 0 spiro atoms. The summed E-state index contributed by atoms with van der Waals surface area (Å²) in [5, 5.41) is 9.35. The third-order valence-electron chi connectivity index (χ3n) is 4.94. The molecule has 0 fully saturated rings. The lowest BCUT2D eigenvalue weighted by Crippen LogP contribution is -2.24. The van der Waals surface area contributed by atoms with Crippen LogP contribution in [0.1, 0.15) is 38.1 Å². The highest BCUT2D eigenvalue weighted by atomic mass is 32.2. The summed E-state index contributed by atoms with van der Waals surface area (Å²) in [5.41, 5.74) is -0.414. The van der Waals surface area contributed by atoms with Gasteiger partial charge in [0.25, 0.3) is 0 Å². The maximum atomic E-state index is 13.4. The highest BCUT2D eigenvalue weighted by molar-refractivity contribution is 7.99. The number of hydrogen-bond acceptors (Lipinski definition) is 4. The first-order chi connectivity index (χ1) is 14.2. The minimum absolute atomic E-state index is 0.144. The van der Waals surface area contributed by atoms with Gasteiger partial charge in [0.1, 0.15) is 5.56 Å². The Hall–Kier alpha value is -3.07. The second-order valence-electron chi connectivity index (χ2n) is 6.89. The summed E-state index contributed by atoms with van der Waals surface area (Å²) in [6.07, 6.45) is -1.19. The Bertz CT molecular complexity index is 1210. The summed E-state index contributed by atoms with van der Waals surface area (Å²) in [5.74, 6) is -1.41. The van der Waals surface area contributed by atoms with Crippen molar-refractivity contribution in [3.8, 4) is 5.69 Å². The predicted molar refractivity (Wildman–Crippen MR) is 105 cm³/mol. The van der Waals surface area contributed by atoms with Crippen molar-refractivity contribution in [3.63, 3.8) is 0 Å². The van der Waals surface area contributed by atoms with Gasteiger partial charge in [0, 0.05) is 46.4 Å². The predicted octanol–water partition coefficient (Wildman–Crippen LogP) is 4.65. The number of pyridine rings is 2. The van der Waals surface area contributed by atoms with E-state index in [1.54, 1.807) is 25.4 Å². The second kappa shape index (κ2) is 7.32. The zero-order valence-electron chi connectivity index (χ0n) is 15.6. The molecule has 0 saturated heterocycles. The number of carboxylic acid groups (broad SMARTS) is 1. The second-order valence-corrected chi connectivity index (χ2v) is 8.13. The molecule has 154 valence electrons. The van der Waals surface area contributed by atoms with E-state index in [-0.39, 0.29) is 23.1 Å². The van der Waals surface area contributed by atoms with Gasteiger partial charge >= 0.3 is 12.1 Å². The molecule has 4 rings (SSSR count). The lowest BCUT2D eigenvalue weighted by Gasteiger charge is -2.19. The van der Waals surface area contributed by atoms with Crippen molar-refractivity contribution in [1.29, 1.82) is 0 Å². The molecule has 1 N–H and O–H groups in total. The van der Waals surface area contributed by atoms with E-state index in [4.69, 9.17) is 0 Å². The number of halogens is 3. The van der Waals surface area contributed by atoms with Crippen LogP contribution in [0.4, 0.5) is 13.2 Å². The number of alkyl halides is 3. The largest absolute Gasteiger partial charge is 0.477 e. The summed E-state index contributed by atoms with van der Waals surface area (Å²) < 4.78 is 41.6. The molecule has 0 aliphatic carbocycles. The number of nitrogens with zero attached hydrogens (tertiary/aromatic N) is 2. The van der Waals surface area contributed by atoms with Crippen LogP contribution in [0.3, 0.4) is 0 Å². The smallest absolute Gasteiger partial charge is 0.416 e. The van der Waals surface area contributed by atoms with E-state index >= 15 is 0 Å². The van der Waals surface area contributed by atoms with Crippen molar-refractivity contribution in [2.24, 2.45) is 0 Å². The van der Waals surface area contributed by atoms with Crippen molar-refractivity contribution in [2.75, 3.05) is 0 Å². The quantitative estimate of drug-likeness (QED) is 0.638. The monoisotopic (exact) mass is 432 g/mol. The fourth-order valence-electron chi connectivity index (χ4n) is 3.64. The third kappa shape index (κ3) is 3.49. The normalized spacial score (nSPS) is 15.8. The van der Waals surface area contributed by atoms with Crippen LogP contribution in [0.15, 0.2) is 58.5 Å². The summed E-state index contributed by atoms with van der Waals surface area (Å²) in [7, 11) is 0. The SMILES string of the molecule is Cc1cc(=O)c(C(=O)O)c2n1-c1cc(C(F)(F)F)ccc1S[C@H](c1cccnc1)C2. The Balaban J connectivity index is 2.05. The van der Waals surface area contributed by atoms with Crippen LogP contribution in [-0.4, -0.2) is 20.6 Å². The van der Waals surface area contributed by atoms with Gasteiger partial charge in [-0.05, 0) is 36.8 Å². The minimum atomic E-state index is -4.56. The van der Waals surface area contributed by atoms with Crippen LogP contribution in [0.2, 0.25) is 0 Å². The number of rotatable bonds is 2. The number of aromatic nitrogens is 2. The van der Waals surface area contributed by atoms with Crippen LogP contribution >= 0.6 is 11.8 Å². The molecule has 1 atom stereocenters. The highest BCUT2D eigenvalue weighted by Crippen LogP contribution is 2.45. The van der Waals surface area contributed by atoms with Crippen molar-refractivity contribution in [2.45, 2.75) is 29.7 Å². The molecule has 2 aromatic heterocycles. The standard InChI is InChI=1S/C21H15F3N2O3S/c1-11-7-16(27)19(20(28)29)15-9-18(12-3-2-6-25-10-12)30-17-5-4-13(21(22,23)24)8-14(17)26(11)15/h2-8,10,18H,9H2,1H3,(H,28,29)/t18-/m0/s1. The van der Waals surface area contributed by atoms with Gasteiger partial charge < -0.3 is 9.67 Å². The number of thioether (sulfide) groups is 1. The van der Waals surface area contributed by atoms with Gasteiger partial charge in [-0.3, -0.25) is 9.78 Å². The lowest BCUT2D eigenvalue weighted by molar-refractivity contribution is -0.137. The van der Waals surface area contributed by atoms with E-state index in [0.717, 1.165) is 23.8 Å². The van der Waals surface area contributed by atoms with E-state index in [2.05, 4.69) is 4.98 Å². The summed E-state index contributed by atoms with van der Waals surface area (Å²) in [6, 6.07) is 8.09. The van der Waals surface area contributed by atoms with Gasteiger partial charge in [0.2, 0.25) is 0 Å². The maximum absolute atomic E-state index is 13.4. The molecule has 0 radical (unpaired) electrons. The Kier molecular flexibility index (Phi) is 4.93. The average Bonchev–Trinajstić information content (AvgIpc) is 2.84. The van der Waals surface area contributed by atoms with Crippen molar-refractivity contribution < 1.29 is 23.1 Å². The van der Waals surface area contributed by atoms with Crippen LogP contribution < -0.4 is 5.43 Å². The Morgan fingerprint density at radius 1 is 1.27 bits per heavy atom. The summed E-state index contributed by atoms with van der Waals surface area (Å²) >= 11 is 1.32. The zero-order valence-corrected chi connectivity index (χ0v) is 16.4. The van der Waals surface area contributed by atoms with Gasteiger partial charge in [0.15, 0.2) is 5.43 Å². The molecule has 0 bridgehead atoms. The topological polar surface area (TPSA) is 72.2 Å². The van der Waals surface area contributed by atoms with E-state index in [1.165, 1.54) is 22.4 Å². The number of benzene rings is 1. The van der Waals surface area contributed by atoms with Crippen molar-refractivity contribution >= 4 is 17.7 Å². The number of carbonyl (C=O) groups is 1. The zero-order chi connectivity index (χ0) is 21.6. The van der Waals surface area contributed by atoms with Crippen LogP contribution in [-0.2, 0) is 12.6 Å². The minimum Gasteiger partial charge on any atom is -0.477 e. The molecule has 3 heterocycles. The molecule has 0 saturated carbocycles. The van der Waals surface area contributed by atoms with Gasteiger partial charge in [-0.1, -0.05) is 6.07 Å². The van der Waals surface area contributed by atoms with Crippen LogP contribution in [0.5, 0.6) is 0 Å². The van der Waals surface area contributed by atoms with E-state index in [1.807, 2.05) is 6.07 Å². The average molecular weight is 432 g/mol. The Morgan fingerprint density at radius 3 is 2.67 bits per heavy atom. The lowest BCUT2D eigenvalue weighted by atomic mass is 10.0. The van der Waals surface area contributed by atoms with Gasteiger partial charge in [-0.2, -0.15) is 13.2 Å². The molecule has 5 nitrogen and oxygen atoms in total. The molecular weight excluding hydrogens is 417 g/mol. The fourth-order valence-corrected chi connectivity index (χ4v) is 4.88. The molecule has 0 amide bonds. The van der Waals surface area contributed by atoms with Gasteiger partial charge in [-0.25, -0.2) is 4.79 Å². The van der Waals surface area contributed by atoms with E-state index < -0.39 is 28.7 Å².